The minimum atomic E-state index is -1.34. The van der Waals surface area contributed by atoms with Crippen molar-refractivity contribution >= 4 is 33.3 Å². The van der Waals surface area contributed by atoms with Crippen molar-refractivity contribution in [2.24, 2.45) is 0 Å². The number of hydrogen-bond acceptors (Lipinski definition) is 4. The van der Waals surface area contributed by atoms with Crippen LogP contribution in [0, 0.1) is 0 Å². The maximum atomic E-state index is 12.1. The molecule has 0 saturated carbocycles. The predicted octanol–water partition coefficient (Wildman–Crippen LogP) is 2.41. The second-order valence-corrected chi connectivity index (χ2v) is 7.87. The van der Waals surface area contributed by atoms with Gasteiger partial charge in [0.2, 0.25) is 0 Å². The smallest absolute Gasteiger partial charge is 0.305 e. The number of rotatable bonds is 5. The number of nitrogens with zero attached hydrogens (tertiary/aromatic N) is 1. The van der Waals surface area contributed by atoms with Crippen LogP contribution in [0.4, 0.5) is 0 Å². The van der Waals surface area contributed by atoms with Gasteiger partial charge in [-0.25, -0.2) is 4.98 Å². The molecule has 5 nitrogen and oxygen atoms in total. The van der Waals surface area contributed by atoms with Crippen molar-refractivity contribution in [2.75, 3.05) is 0 Å². The standard InChI is InChI=1S/C12H17BrN2O3S/c1-12(2,3)19(18)15-9(7-11(16)17)8-4-5-14-10(13)6-8/h4-6,9,15H,7H2,1-3H3,(H,16,17)/t9?,19-/m1/s1. The highest BCUT2D eigenvalue weighted by molar-refractivity contribution is 9.10. The van der Waals surface area contributed by atoms with Crippen molar-refractivity contribution in [3.05, 3.63) is 28.5 Å². The van der Waals surface area contributed by atoms with Crippen LogP contribution in [0.2, 0.25) is 0 Å². The van der Waals surface area contributed by atoms with Gasteiger partial charge in [-0.3, -0.25) is 4.79 Å². The highest BCUT2D eigenvalue weighted by Gasteiger charge is 2.30. The maximum Gasteiger partial charge on any atom is 0.305 e. The Kier molecular flexibility index (Phi) is 5.79. The van der Waals surface area contributed by atoms with Gasteiger partial charge in [0.1, 0.15) is 9.35 Å². The summed E-state index contributed by atoms with van der Waals surface area (Å²) < 4.78 is 15.1. The van der Waals surface area contributed by atoms with Gasteiger partial charge < -0.3 is 9.66 Å². The lowest BCUT2D eigenvalue weighted by molar-refractivity contribution is -0.137. The third kappa shape index (κ3) is 5.48. The van der Waals surface area contributed by atoms with Crippen molar-refractivity contribution in [3.63, 3.8) is 0 Å². The van der Waals surface area contributed by atoms with Crippen LogP contribution in [0.15, 0.2) is 22.9 Å². The molecule has 1 rings (SSSR count). The van der Waals surface area contributed by atoms with Gasteiger partial charge in [-0.2, -0.15) is 0 Å². The molecular formula is C12H17BrN2O3S. The van der Waals surface area contributed by atoms with Crippen LogP contribution < -0.4 is 4.72 Å². The fourth-order valence-electron chi connectivity index (χ4n) is 1.34. The van der Waals surface area contributed by atoms with Crippen molar-refractivity contribution in [1.29, 1.82) is 0 Å². The molecule has 0 fully saturated rings. The minimum Gasteiger partial charge on any atom is -0.598 e. The highest BCUT2D eigenvalue weighted by atomic mass is 79.9. The predicted molar refractivity (Wildman–Crippen MR) is 78.0 cm³/mol. The second-order valence-electron chi connectivity index (χ2n) is 5.06. The summed E-state index contributed by atoms with van der Waals surface area (Å²) in [5, 5.41) is 8.96. The molecule has 0 aliphatic heterocycles. The number of aromatic nitrogens is 1. The average Bonchev–Trinajstić information content (AvgIpc) is 2.26. The van der Waals surface area contributed by atoms with Crippen molar-refractivity contribution in [2.45, 2.75) is 38.0 Å². The molecule has 0 bridgehead atoms. The van der Waals surface area contributed by atoms with E-state index in [1.807, 2.05) is 20.8 Å². The van der Waals surface area contributed by atoms with Crippen LogP contribution in [0.25, 0.3) is 0 Å². The number of carbonyl (C=O) groups is 1. The Morgan fingerprint density at radius 3 is 2.74 bits per heavy atom. The molecule has 0 amide bonds. The van der Waals surface area contributed by atoms with E-state index in [-0.39, 0.29) is 6.42 Å². The summed E-state index contributed by atoms with van der Waals surface area (Å²) >= 11 is 1.90. The van der Waals surface area contributed by atoms with Gasteiger partial charge in [-0.05, 0) is 54.4 Å². The van der Waals surface area contributed by atoms with E-state index in [0.717, 1.165) is 5.56 Å². The van der Waals surface area contributed by atoms with Gasteiger partial charge in [0.15, 0.2) is 0 Å². The first-order chi connectivity index (χ1) is 8.70. The molecule has 0 aliphatic carbocycles. The molecule has 1 heterocycles. The van der Waals surface area contributed by atoms with Crippen LogP contribution in [-0.2, 0) is 16.2 Å². The average molecular weight is 349 g/mol. The van der Waals surface area contributed by atoms with Gasteiger partial charge in [0.25, 0.3) is 0 Å². The molecule has 106 valence electrons. The maximum absolute atomic E-state index is 12.1. The van der Waals surface area contributed by atoms with E-state index in [1.165, 1.54) is 0 Å². The van der Waals surface area contributed by atoms with E-state index in [2.05, 4.69) is 25.6 Å². The monoisotopic (exact) mass is 348 g/mol. The van der Waals surface area contributed by atoms with Crippen LogP contribution in [0.5, 0.6) is 0 Å². The lowest BCUT2D eigenvalue weighted by Gasteiger charge is -2.27. The highest BCUT2D eigenvalue weighted by Crippen LogP contribution is 2.23. The van der Waals surface area contributed by atoms with Gasteiger partial charge in [-0.1, -0.05) is 0 Å². The van der Waals surface area contributed by atoms with Gasteiger partial charge in [0, 0.05) is 17.6 Å². The fourth-order valence-corrected chi connectivity index (χ4v) is 2.56. The van der Waals surface area contributed by atoms with Gasteiger partial charge in [-0.15, -0.1) is 4.72 Å². The number of hydrogen-bond donors (Lipinski definition) is 2. The van der Waals surface area contributed by atoms with Crippen molar-refractivity contribution in [3.8, 4) is 0 Å². The number of carboxylic acid groups (broad SMARTS) is 1. The number of nitrogens with one attached hydrogen (secondary N) is 1. The molecule has 0 aliphatic rings. The zero-order chi connectivity index (χ0) is 14.6. The third-order valence-corrected chi connectivity index (χ3v) is 4.38. The van der Waals surface area contributed by atoms with Crippen molar-refractivity contribution < 1.29 is 14.5 Å². The first-order valence-electron chi connectivity index (χ1n) is 5.71. The summed E-state index contributed by atoms with van der Waals surface area (Å²) in [6.45, 7) is 5.49. The first kappa shape index (κ1) is 16.4. The fraction of sp³-hybridized carbons (Fsp3) is 0.500. The molecule has 2 atom stereocenters. The van der Waals surface area contributed by atoms with E-state index >= 15 is 0 Å². The molecule has 0 radical (unpaired) electrons. The summed E-state index contributed by atoms with van der Waals surface area (Å²) in [6.07, 6.45) is 1.44. The normalized spacial score (nSPS) is 15.0. The second kappa shape index (κ2) is 6.69. The Morgan fingerprint density at radius 1 is 1.63 bits per heavy atom. The van der Waals surface area contributed by atoms with Crippen LogP contribution in [-0.4, -0.2) is 25.4 Å². The zero-order valence-corrected chi connectivity index (χ0v) is 13.4. The van der Waals surface area contributed by atoms with Crippen LogP contribution in [0.3, 0.4) is 0 Å². The number of aliphatic carboxylic acids is 1. The lowest BCUT2D eigenvalue weighted by Crippen LogP contribution is -2.41. The molecule has 7 heteroatoms. The van der Waals surface area contributed by atoms with Gasteiger partial charge >= 0.3 is 5.97 Å². The third-order valence-electron chi connectivity index (χ3n) is 2.34. The largest absolute Gasteiger partial charge is 0.598 e. The van der Waals surface area contributed by atoms with E-state index in [1.54, 1.807) is 18.3 Å². The summed E-state index contributed by atoms with van der Waals surface area (Å²) in [6, 6.07) is 2.92. The lowest BCUT2D eigenvalue weighted by atomic mass is 10.1. The first-order valence-corrected chi connectivity index (χ1v) is 7.65. The summed E-state index contributed by atoms with van der Waals surface area (Å²) in [5.74, 6) is -0.948. The van der Waals surface area contributed by atoms with E-state index in [4.69, 9.17) is 5.11 Å². The molecule has 19 heavy (non-hydrogen) atoms. The van der Waals surface area contributed by atoms with Crippen molar-refractivity contribution in [1.82, 2.24) is 9.71 Å². The molecule has 0 spiro atoms. The van der Waals surface area contributed by atoms with E-state index in [0.29, 0.717) is 4.60 Å². The molecular weight excluding hydrogens is 332 g/mol. The Bertz CT molecular complexity index is 451. The van der Waals surface area contributed by atoms with Crippen LogP contribution in [0.1, 0.15) is 38.8 Å². The molecule has 1 aromatic rings. The Balaban J connectivity index is 2.92. The molecule has 0 saturated heterocycles. The number of pyridine rings is 1. The molecule has 1 unspecified atom stereocenters. The Morgan fingerprint density at radius 2 is 2.26 bits per heavy atom. The molecule has 1 aromatic heterocycles. The van der Waals surface area contributed by atoms with E-state index in [9.17, 15) is 9.35 Å². The zero-order valence-electron chi connectivity index (χ0n) is 11.0. The van der Waals surface area contributed by atoms with E-state index < -0.39 is 28.1 Å². The van der Waals surface area contributed by atoms with Gasteiger partial charge in [0.05, 0.1) is 12.5 Å². The minimum absolute atomic E-state index is 0.141. The Hall–Kier alpha value is -0.630. The summed E-state index contributed by atoms with van der Waals surface area (Å²) in [4.78, 5) is 14.9. The molecule has 2 N–H and O–H groups in total. The summed E-state index contributed by atoms with van der Waals surface area (Å²) in [7, 11) is 0. The Labute approximate surface area is 124 Å². The topological polar surface area (TPSA) is 85.3 Å². The van der Waals surface area contributed by atoms with Crippen LogP contribution >= 0.6 is 15.9 Å². The number of halogens is 1. The SMILES string of the molecule is CC(C)(C)[S@@+]([O-])NC(CC(=O)O)c1ccnc(Br)c1. The quantitative estimate of drug-likeness (QED) is 0.630. The molecule has 0 aromatic carbocycles. The number of carboxylic acids is 1. The summed E-state index contributed by atoms with van der Waals surface area (Å²) in [5.41, 5.74) is 0.738.